The Balaban J connectivity index is 1.49. The van der Waals surface area contributed by atoms with Crippen molar-refractivity contribution in [2.24, 2.45) is 5.92 Å². The highest BCUT2D eigenvalue weighted by molar-refractivity contribution is 7.12. The molecule has 1 aliphatic rings. The van der Waals surface area contributed by atoms with E-state index >= 15 is 0 Å². The lowest BCUT2D eigenvalue weighted by atomic mass is 9.97. The van der Waals surface area contributed by atoms with E-state index in [9.17, 15) is 14.4 Å². The van der Waals surface area contributed by atoms with E-state index in [-0.39, 0.29) is 11.8 Å². The molecule has 2 amide bonds. The number of benzene rings is 1. The molecule has 1 unspecified atom stereocenters. The average Bonchev–Trinajstić information content (AvgIpc) is 3.25. The van der Waals surface area contributed by atoms with Crippen molar-refractivity contribution >= 4 is 46.4 Å². The molecule has 1 aromatic heterocycles. The third kappa shape index (κ3) is 5.36. The molecule has 3 rings (SSSR count). The van der Waals surface area contributed by atoms with Crippen molar-refractivity contribution < 1.29 is 19.1 Å². The summed E-state index contributed by atoms with van der Waals surface area (Å²) in [4.78, 5) is 39.7. The predicted molar refractivity (Wildman–Crippen MR) is 113 cm³/mol. The summed E-state index contributed by atoms with van der Waals surface area (Å²) in [7, 11) is 0. The van der Waals surface area contributed by atoms with Gasteiger partial charge in [-0.1, -0.05) is 23.7 Å². The lowest BCUT2D eigenvalue weighted by Gasteiger charge is -2.31. The number of likely N-dealkylation sites (tertiary alicyclic amines) is 1. The molecule has 0 bridgehead atoms. The first-order chi connectivity index (χ1) is 13.8. The fourth-order valence-electron chi connectivity index (χ4n) is 3.16. The summed E-state index contributed by atoms with van der Waals surface area (Å²) in [5.41, 5.74) is 1.45. The Bertz CT molecular complexity index is 892. The van der Waals surface area contributed by atoms with E-state index in [1.165, 1.54) is 11.3 Å². The number of esters is 1. The number of carbonyl (C=O) groups is 3. The number of nitrogens with one attached hydrogen (secondary N) is 1. The minimum Gasteiger partial charge on any atom is -0.452 e. The van der Waals surface area contributed by atoms with Gasteiger partial charge >= 0.3 is 5.97 Å². The summed E-state index contributed by atoms with van der Waals surface area (Å²) in [5.74, 6) is -1.13. The van der Waals surface area contributed by atoms with E-state index in [0.29, 0.717) is 41.5 Å². The van der Waals surface area contributed by atoms with Crippen molar-refractivity contribution in [3.8, 4) is 0 Å². The zero-order valence-corrected chi connectivity index (χ0v) is 17.9. The Labute approximate surface area is 178 Å². The van der Waals surface area contributed by atoms with Crippen LogP contribution in [0.3, 0.4) is 0 Å². The van der Waals surface area contributed by atoms with Gasteiger partial charge in [-0.05, 0) is 55.8 Å². The molecule has 2 aromatic rings. The average molecular weight is 435 g/mol. The van der Waals surface area contributed by atoms with Gasteiger partial charge in [0.25, 0.3) is 11.8 Å². The normalized spacial score (nSPS) is 15.6. The van der Waals surface area contributed by atoms with Crippen LogP contribution < -0.4 is 5.32 Å². The van der Waals surface area contributed by atoms with Gasteiger partial charge in [-0.2, -0.15) is 0 Å². The van der Waals surface area contributed by atoms with Crippen LogP contribution in [-0.4, -0.2) is 41.9 Å². The molecule has 154 valence electrons. The number of ether oxygens (including phenoxy) is 1. The zero-order chi connectivity index (χ0) is 21.0. The SMILES string of the molecule is Cc1ccc(Cl)cc1NC(=O)C(C)OC(=O)C1CCN(C(=O)c2cccs2)CC1. The van der Waals surface area contributed by atoms with Gasteiger partial charge in [-0.25, -0.2) is 0 Å². The highest BCUT2D eigenvalue weighted by atomic mass is 35.5. The van der Waals surface area contributed by atoms with Gasteiger partial charge in [0.1, 0.15) is 0 Å². The van der Waals surface area contributed by atoms with Crippen molar-refractivity contribution in [3.05, 3.63) is 51.2 Å². The summed E-state index contributed by atoms with van der Waals surface area (Å²) >= 11 is 7.38. The first-order valence-electron chi connectivity index (χ1n) is 9.45. The molecular weight excluding hydrogens is 412 g/mol. The third-order valence-electron chi connectivity index (χ3n) is 4.97. The molecule has 6 nitrogen and oxygen atoms in total. The zero-order valence-electron chi connectivity index (χ0n) is 16.3. The van der Waals surface area contributed by atoms with Gasteiger partial charge in [0.15, 0.2) is 6.10 Å². The predicted octanol–water partition coefficient (Wildman–Crippen LogP) is 4.13. The molecule has 1 aliphatic heterocycles. The fraction of sp³-hybridized carbons (Fsp3) is 0.381. The van der Waals surface area contributed by atoms with Gasteiger partial charge < -0.3 is 15.0 Å². The molecule has 0 aliphatic carbocycles. The minimum atomic E-state index is -0.924. The van der Waals surface area contributed by atoms with Crippen molar-refractivity contribution in [1.82, 2.24) is 4.90 Å². The Kier molecular flexibility index (Phi) is 6.92. The number of hydrogen-bond acceptors (Lipinski definition) is 5. The van der Waals surface area contributed by atoms with Crippen LogP contribution >= 0.6 is 22.9 Å². The van der Waals surface area contributed by atoms with Crippen LogP contribution in [0.5, 0.6) is 0 Å². The third-order valence-corrected chi connectivity index (χ3v) is 6.06. The first kappa shape index (κ1) is 21.3. The van der Waals surface area contributed by atoms with Crippen molar-refractivity contribution in [2.75, 3.05) is 18.4 Å². The summed E-state index contributed by atoms with van der Waals surface area (Å²) in [6.07, 6.45) is 0.127. The molecule has 0 spiro atoms. The number of nitrogens with zero attached hydrogens (tertiary/aromatic N) is 1. The standard InChI is InChI=1S/C21H23ClN2O4S/c1-13-5-6-16(22)12-17(13)23-19(25)14(2)28-21(27)15-7-9-24(10-8-15)20(26)18-4-3-11-29-18/h3-6,11-12,14-15H,7-10H2,1-2H3,(H,23,25). The van der Waals surface area contributed by atoms with Crippen LogP contribution in [0.2, 0.25) is 5.02 Å². The summed E-state index contributed by atoms with van der Waals surface area (Å²) in [6.45, 7) is 4.40. The molecule has 1 fully saturated rings. The highest BCUT2D eigenvalue weighted by Gasteiger charge is 2.31. The summed E-state index contributed by atoms with van der Waals surface area (Å²) in [6, 6.07) is 8.85. The van der Waals surface area contributed by atoms with E-state index in [0.717, 1.165) is 5.56 Å². The summed E-state index contributed by atoms with van der Waals surface area (Å²) in [5, 5.41) is 5.13. The van der Waals surface area contributed by atoms with Crippen LogP contribution in [0.4, 0.5) is 5.69 Å². The number of aryl methyl sites for hydroxylation is 1. The molecule has 2 heterocycles. The van der Waals surface area contributed by atoms with E-state index < -0.39 is 18.0 Å². The van der Waals surface area contributed by atoms with E-state index in [1.54, 1.807) is 36.1 Å². The number of piperidine rings is 1. The molecule has 1 N–H and O–H groups in total. The first-order valence-corrected chi connectivity index (χ1v) is 10.7. The van der Waals surface area contributed by atoms with E-state index in [2.05, 4.69) is 5.32 Å². The fourth-order valence-corrected chi connectivity index (χ4v) is 4.02. The van der Waals surface area contributed by atoms with E-state index in [4.69, 9.17) is 16.3 Å². The number of amides is 2. The molecule has 1 aromatic carbocycles. The van der Waals surface area contributed by atoms with Crippen molar-refractivity contribution in [1.29, 1.82) is 0 Å². The van der Waals surface area contributed by atoms with Crippen LogP contribution in [0.1, 0.15) is 35.0 Å². The second-order valence-corrected chi connectivity index (χ2v) is 8.46. The maximum atomic E-state index is 12.5. The number of anilines is 1. The number of hydrogen-bond donors (Lipinski definition) is 1. The minimum absolute atomic E-state index is 0.00328. The molecule has 1 atom stereocenters. The number of carbonyl (C=O) groups excluding carboxylic acids is 3. The molecule has 0 radical (unpaired) electrons. The largest absolute Gasteiger partial charge is 0.452 e. The lowest BCUT2D eigenvalue weighted by Crippen LogP contribution is -2.41. The van der Waals surface area contributed by atoms with E-state index in [1.807, 2.05) is 18.4 Å². The molecular formula is C21H23ClN2O4S. The Morgan fingerprint density at radius 1 is 1.24 bits per heavy atom. The van der Waals surface area contributed by atoms with Crippen molar-refractivity contribution in [3.63, 3.8) is 0 Å². The van der Waals surface area contributed by atoms with Gasteiger partial charge in [0.05, 0.1) is 10.8 Å². The van der Waals surface area contributed by atoms with Crippen LogP contribution in [-0.2, 0) is 14.3 Å². The van der Waals surface area contributed by atoms with Crippen molar-refractivity contribution in [2.45, 2.75) is 32.8 Å². The van der Waals surface area contributed by atoms with Crippen LogP contribution in [0.25, 0.3) is 0 Å². The van der Waals surface area contributed by atoms with Gasteiger partial charge in [-0.3, -0.25) is 14.4 Å². The Hall–Kier alpha value is -2.38. The monoisotopic (exact) mass is 434 g/mol. The maximum absolute atomic E-state index is 12.5. The smallest absolute Gasteiger partial charge is 0.309 e. The lowest BCUT2D eigenvalue weighted by molar-refractivity contribution is -0.158. The molecule has 8 heteroatoms. The highest BCUT2D eigenvalue weighted by Crippen LogP contribution is 2.23. The maximum Gasteiger partial charge on any atom is 0.309 e. The molecule has 29 heavy (non-hydrogen) atoms. The van der Waals surface area contributed by atoms with Gasteiger partial charge in [0.2, 0.25) is 0 Å². The topological polar surface area (TPSA) is 75.7 Å². The Morgan fingerprint density at radius 3 is 2.62 bits per heavy atom. The second kappa shape index (κ2) is 9.41. The number of rotatable bonds is 5. The number of halogens is 1. The number of thiophene rings is 1. The second-order valence-electron chi connectivity index (χ2n) is 7.07. The quantitative estimate of drug-likeness (QED) is 0.718. The molecule has 0 saturated carbocycles. The summed E-state index contributed by atoms with van der Waals surface area (Å²) < 4.78 is 5.38. The van der Waals surface area contributed by atoms with Crippen LogP contribution in [0.15, 0.2) is 35.7 Å². The van der Waals surface area contributed by atoms with Crippen LogP contribution in [0, 0.1) is 12.8 Å². The Morgan fingerprint density at radius 2 is 1.97 bits per heavy atom. The van der Waals surface area contributed by atoms with Gasteiger partial charge in [0, 0.05) is 23.8 Å². The molecule has 1 saturated heterocycles. The van der Waals surface area contributed by atoms with Gasteiger partial charge in [-0.15, -0.1) is 11.3 Å².